The number of ether oxygens (including phenoxy) is 2. The third-order valence-corrected chi connectivity index (χ3v) is 5.32. The van der Waals surface area contributed by atoms with E-state index in [1.54, 1.807) is 14.2 Å². The monoisotopic (exact) mass is 198 g/mol. The van der Waals surface area contributed by atoms with Crippen molar-refractivity contribution in [2.75, 3.05) is 14.2 Å². The van der Waals surface area contributed by atoms with Gasteiger partial charge in [-0.25, -0.2) is 0 Å². The van der Waals surface area contributed by atoms with Crippen molar-refractivity contribution >= 4 is 10.2 Å². The van der Waals surface area contributed by atoms with Gasteiger partial charge >= 0.3 is 0 Å². The first kappa shape index (κ1) is 9.43. The molecule has 0 spiro atoms. The lowest BCUT2D eigenvalue weighted by Gasteiger charge is -2.36. The molecule has 0 aromatic rings. The van der Waals surface area contributed by atoms with Gasteiger partial charge < -0.3 is 9.47 Å². The Morgan fingerprint density at radius 1 is 1.23 bits per heavy atom. The number of fused-ring (bicyclic) bond motifs is 2. The third-order valence-electron chi connectivity index (χ3n) is 3.76. The summed E-state index contributed by atoms with van der Waals surface area (Å²) in [5.41, 5.74) is -0.246. The van der Waals surface area contributed by atoms with E-state index in [2.05, 4.69) is 12.2 Å². The van der Waals surface area contributed by atoms with Crippen LogP contribution in [-0.2, 0) is 9.47 Å². The molecule has 74 valence electrons. The van der Waals surface area contributed by atoms with Crippen molar-refractivity contribution in [1.29, 1.82) is 0 Å². The molecule has 2 nitrogen and oxygen atoms in total. The van der Waals surface area contributed by atoms with E-state index in [0.29, 0.717) is 11.8 Å². The molecule has 3 unspecified atom stereocenters. The van der Waals surface area contributed by atoms with Crippen LogP contribution >= 0.6 is 0 Å². The molecule has 0 heterocycles. The van der Waals surface area contributed by atoms with Crippen LogP contribution in [0.2, 0.25) is 0 Å². The molecule has 3 heteroatoms. The highest BCUT2D eigenvalue weighted by atomic mass is 28.1. The summed E-state index contributed by atoms with van der Waals surface area (Å²) < 4.78 is 11.1. The second-order valence-electron chi connectivity index (χ2n) is 4.31. The van der Waals surface area contributed by atoms with E-state index >= 15 is 0 Å². The molecule has 3 atom stereocenters. The van der Waals surface area contributed by atoms with Crippen molar-refractivity contribution in [3.05, 3.63) is 12.2 Å². The number of methoxy groups -OCH3 is 2. The Balaban J connectivity index is 2.13. The minimum absolute atomic E-state index is 0.246. The van der Waals surface area contributed by atoms with Crippen LogP contribution < -0.4 is 0 Å². The highest BCUT2D eigenvalue weighted by molar-refractivity contribution is 6.13. The zero-order valence-corrected chi connectivity index (χ0v) is 10.6. The molecule has 2 bridgehead atoms. The van der Waals surface area contributed by atoms with E-state index in [-0.39, 0.29) is 5.41 Å². The molecule has 0 radical (unpaired) electrons. The zero-order valence-electron chi connectivity index (χ0n) is 8.62. The molecule has 1 fully saturated rings. The quantitative estimate of drug-likeness (QED) is 0.374. The molecule has 0 N–H and O–H groups in total. The third kappa shape index (κ3) is 1.39. The number of hydrogen-bond donors (Lipinski definition) is 0. The van der Waals surface area contributed by atoms with E-state index in [1.807, 2.05) is 0 Å². The summed E-state index contributed by atoms with van der Waals surface area (Å²) in [7, 11) is 4.49. The Morgan fingerprint density at radius 2 is 1.92 bits per heavy atom. The van der Waals surface area contributed by atoms with Crippen LogP contribution in [0.5, 0.6) is 0 Å². The Bertz CT molecular complexity index is 223. The van der Waals surface area contributed by atoms with Crippen LogP contribution in [0.25, 0.3) is 0 Å². The van der Waals surface area contributed by atoms with Crippen LogP contribution in [0.15, 0.2) is 12.2 Å². The summed E-state index contributed by atoms with van der Waals surface area (Å²) in [4.78, 5) is 0. The normalized spacial score (nSPS) is 37.5. The molecule has 0 aromatic carbocycles. The fourth-order valence-corrected chi connectivity index (χ4v) is 3.43. The second kappa shape index (κ2) is 3.22. The smallest absolute Gasteiger partial charge is 0.144 e. The molecule has 0 aromatic heterocycles. The first-order chi connectivity index (χ1) is 6.19. The predicted octanol–water partition coefficient (Wildman–Crippen LogP) is 0.511. The fraction of sp³-hybridized carbons (Fsp3) is 0.800. The van der Waals surface area contributed by atoms with Crippen molar-refractivity contribution in [2.24, 2.45) is 17.8 Å². The van der Waals surface area contributed by atoms with Gasteiger partial charge in [0.15, 0.2) is 0 Å². The van der Waals surface area contributed by atoms with Gasteiger partial charge in [0.2, 0.25) is 0 Å². The molecular weight excluding hydrogens is 180 g/mol. The molecule has 2 rings (SSSR count). The average Bonchev–Trinajstić information content (AvgIpc) is 2.77. The van der Waals surface area contributed by atoms with Crippen LogP contribution in [0, 0.1) is 17.8 Å². The maximum atomic E-state index is 5.53. The SMILES string of the molecule is COC([SiH3])(OC)C1CC2C=CC1C2. The van der Waals surface area contributed by atoms with Gasteiger partial charge in [-0.3, -0.25) is 0 Å². The molecule has 2 aliphatic carbocycles. The van der Waals surface area contributed by atoms with Gasteiger partial charge in [0.1, 0.15) is 5.41 Å². The maximum absolute atomic E-state index is 5.53. The van der Waals surface area contributed by atoms with Gasteiger partial charge in [-0.05, 0) is 24.7 Å². The fourth-order valence-electron chi connectivity index (χ4n) is 2.77. The molecular formula is C10H18O2Si. The summed E-state index contributed by atoms with van der Waals surface area (Å²) in [5.74, 6) is 2.11. The Hall–Kier alpha value is -0.123. The maximum Gasteiger partial charge on any atom is 0.144 e. The first-order valence-electron chi connectivity index (χ1n) is 4.98. The average molecular weight is 198 g/mol. The van der Waals surface area contributed by atoms with Crippen LogP contribution in [0.4, 0.5) is 0 Å². The molecule has 0 saturated heterocycles. The van der Waals surface area contributed by atoms with Crippen molar-refractivity contribution in [3.63, 3.8) is 0 Å². The van der Waals surface area contributed by atoms with E-state index in [9.17, 15) is 0 Å². The van der Waals surface area contributed by atoms with E-state index in [0.717, 1.165) is 16.2 Å². The van der Waals surface area contributed by atoms with Crippen molar-refractivity contribution in [2.45, 2.75) is 18.3 Å². The van der Waals surface area contributed by atoms with E-state index in [4.69, 9.17) is 9.47 Å². The number of hydrogen-bond acceptors (Lipinski definition) is 2. The summed E-state index contributed by atoms with van der Waals surface area (Å²) in [5, 5.41) is 0. The van der Waals surface area contributed by atoms with Gasteiger partial charge in [-0.15, -0.1) is 0 Å². The van der Waals surface area contributed by atoms with Gasteiger partial charge in [-0.1, -0.05) is 12.2 Å². The standard InChI is InChI=1S/C10H18O2Si/c1-11-10(13,12-2)9-6-7-3-4-8(9)5-7/h3-4,7-9H,5-6H2,1-2,13H3. The molecule has 1 saturated carbocycles. The molecule has 0 aliphatic heterocycles. The first-order valence-corrected chi connectivity index (χ1v) is 5.98. The highest BCUT2D eigenvalue weighted by Gasteiger charge is 2.46. The second-order valence-corrected chi connectivity index (χ2v) is 5.70. The predicted molar refractivity (Wildman–Crippen MR) is 55.5 cm³/mol. The van der Waals surface area contributed by atoms with E-state index in [1.165, 1.54) is 12.8 Å². The largest absolute Gasteiger partial charge is 0.358 e. The zero-order chi connectivity index (χ0) is 9.47. The number of rotatable bonds is 3. The van der Waals surface area contributed by atoms with Gasteiger partial charge in [-0.2, -0.15) is 0 Å². The topological polar surface area (TPSA) is 18.5 Å². The van der Waals surface area contributed by atoms with Gasteiger partial charge in [0.25, 0.3) is 0 Å². The minimum atomic E-state index is -0.246. The summed E-state index contributed by atoms with van der Waals surface area (Å²) in [6, 6.07) is 0. The van der Waals surface area contributed by atoms with Gasteiger partial charge in [0.05, 0.1) is 10.2 Å². The summed E-state index contributed by atoms with van der Waals surface area (Å²) in [6.45, 7) is 0. The molecule has 13 heavy (non-hydrogen) atoms. The van der Waals surface area contributed by atoms with Crippen molar-refractivity contribution in [3.8, 4) is 0 Å². The summed E-state index contributed by atoms with van der Waals surface area (Å²) >= 11 is 0. The van der Waals surface area contributed by atoms with Crippen LogP contribution in [0.3, 0.4) is 0 Å². The lowest BCUT2D eigenvalue weighted by atomic mass is 9.92. The number of allylic oxidation sites excluding steroid dienone is 2. The van der Waals surface area contributed by atoms with E-state index < -0.39 is 0 Å². The van der Waals surface area contributed by atoms with Crippen molar-refractivity contribution < 1.29 is 9.47 Å². The van der Waals surface area contributed by atoms with Gasteiger partial charge in [0, 0.05) is 20.1 Å². The molecule has 2 aliphatic rings. The Kier molecular flexibility index (Phi) is 2.34. The van der Waals surface area contributed by atoms with Crippen LogP contribution in [-0.4, -0.2) is 29.9 Å². The Labute approximate surface area is 82.7 Å². The lowest BCUT2D eigenvalue weighted by molar-refractivity contribution is -0.181. The van der Waals surface area contributed by atoms with Crippen LogP contribution in [0.1, 0.15) is 12.8 Å². The molecule has 0 amide bonds. The summed E-state index contributed by atoms with van der Waals surface area (Å²) in [6.07, 6.45) is 7.28. The highest BCUT2D eigenvalue weighted by Crippen LogP contribution is 2.48. The Morgan fingerprint density at radius 3 is 2.31 bits per heavy atom. The minimum Gasteiger partial charge on any atom is -0.358 e. The van der Waals surface area contributed by atoms with Crippen molar-refractivity contribution in [1.82, 2.24) is 0 Å². The lowest BCUT2D eigenvalue weighted by Crippen LogP contribution is -2.44.